The van der Waals surface area contributed by atoms with Crippen molar-refractivity contribution in [2.45, 2.75) is 6.61 Å². The first-order valence-electron chi connectivity index (χ1n) is 9.87. The van der Waals surface area contributed by atoms with Crippen LogP contribution in [0.4, 0.5) is 5.69 Å². The van der Waals surface area contributed by atoms with Crippen LogP contribution in [0.1, 0.15) is 21.5 Å². The maximum atomic E-state index is 12.1. The molecule has 0 saturated carbocycles. The minimum absolute atomic E-state index is 0.152. The van der Waals surface area contributed by atoms with Crippen LogP contribution in [-0.2, 0) is 6.61 Å². The van der Waals surface area contributed by atoms with Crippen molar-refractivity contribution in [2.24, 2.45) is 5.10 Å². The Hall–Kier alpha value is -4.52. The molecule has 0 spiro atoms. The molecule has 0 saturated heterocycles. The van der Waals surface area contributed by atoms with E-state index >= 15 is 0 Å². The van der Waals surface area contributed by atoms with Gasteiger partial charge in [-0.05, 0) is 58.3 Å². The second-order valence-electron chi connectivity index (χ2n) is 7.05. The lowest BCUT2D eigenvalue weighted by Crippen LogP contribution is -2.17. The number of non-ortho nitro benzene ring substituents is 1. The van der Waals surface area contributed by atoms with Crippen molar-refractivity contribution < 1.29 is 14.5 Å². The number of hydrazone groups is 1. The van der Waals surface area contributed by atoms with E-state index in [9.17, 15) is 14.9 Å². The zero-order valence-corrected chi connectivity index (χ0v) is 17.0. The summed E-state index contributed by atoms with van der Waals surface area (Å²) >= 11 is 0. The predicted molar refractivity (Wildman–Crippen MR) is 123 cm³/mol. The lowest BCUT2D eigenvalue weighted by molar-refractivity contribution is -0.384. The third-order valence-electron chi connectivity index (χ3n) is 4.80. The van der Waals surface area contributed by atoms with Gasteiger partial charge in [0.05, 0.1) is 11.1 Å². The van der Waals surface area contributed by atoms with Crippen molar-refractivity contribution in [1.29, 1.82) is 0 Å². The van der Waals surface area contributed by atoms with Gasteiger partial charge in [-0.3, -0.25) is 14.9 Å². The van der Waals surface area contributed by atoms with E-state index in [2.05, 4.69) is 34.8 Å². The van der Waals surface area contributed by atoms with Crippen LogP contribution < -0.4 is 10.2 Å². The molecule has 7 nitrogen and oxygen atoms in total. The van der Waals surface area contributed by atoms with Crippen LogP contribution in [-0.4, -0.2) is 17.0 Å². The molecule has 0 aliphatic carbocycles. The second kappa shape index (κ2) is 9.53. The molecule has 4 aromatic rings. The Bertz CT molecular complexity index is 1300. The van der Waals surface area contributed by atoms with E-state index < -0.39 is 10.8 Å². The Kier molecular flexibility index (Phi) is 6.17. The summed E-state index contributed by atoms with van der Waals surface area (Å²) in [7, 11) is 0. The van der Waals surface area contributed by atoms with Gasteiger partial charge in [0.2, 0.25) is 0 Å². The van der Waals surface area contributed by atoms with E-state index in [0.29, 0.717) is 6.61 Å². The van der Waals surface area contributed by atoms with E-state index in [1.54, 1.807) is 0 Å². The number of hydrogen-bond acceptors (Lipinski definition) is 5. The second-order valence-corrected chi connectivity index (χ2v) is 7.05. The Morgan fingerprint density at radius 2 is 1.72 bits per heavy atom. The lowest BCUT2D eigenvalue weighted by Gasteiger charge is -2.07. The molecule has 0 aromatic heterocycles. The summed E-state index contributed by atoms with van der Waals surface area (Å²) in [5.41, 5.74) is 4.22. The van der Waals surface area contributed by atoms with Gasteiger partial charge < -0.3 is 4.74 Å². The van der Waals surface area contributed by atoms with Crippen molar-refractivity contribution >= 4 is 28.6 Å². The van der Waals surface area contributed by atoms with Crippen molar-refractivity contribution in [3.8, 4) is 5.75 Å². The number of benzene rings is 4. The number of nitro groups is 1. The molecule has 4 rings (SSSR count). The molecule has 32 heavy (non-hydrogen) atoms. The van der Waals surface area contributed by atoms with Crippen LogP contribution in [0.25, 0.3) is 10.8 Å². The molecule has 0 aliphatic heterocycles. The first-order valence-corrected chi connectivity index (χ1v) is 9.87. The van der Waals surface area contributed by atoms with Crippen LogP contribution in [0.2, 0.25) is 0 Å². The van der Waals surface area contributed by atoms with E-state index in [4.69, 9.17) is 4.74 Å². The fourth-order valence-electron chi connectivity index (χ4n) is 3.14. The zero-order valence-electron chi connectivity index (χ0n) is 17.0. The Morgan fingerprint density at radius 3 is 2.50 bits per heavy atom. The third kappa shape index (κ3) is 5.14. The smallest absolute Gasteiger partial charge is 0.271 e. The van der Waals surface area contributed by atoms with Gasteiger partial charge in [-0.2, -0.15) is 5.10 Å². The normalized spacial score (nSPS) is 10.9. The molecule has 0 bridgehead atoms. The molecule has 158 valence electrons. The SMILES string of the molecule is O=C(N/N=C\c1ccc(OCc2ccc3ccccc3c2)cc1)c1cccc([N+](=O)[O-])c1. The quantitative estimate of drug-likeness (QED) is 0.253. The number of rotatable bonds is 7. The number of amides is 1. The van der Waals surface area contributed by atoms with Gasteiger partial charge in [-0.15, -0.1) is 0 Å². The molecular formula is C25H19N3O4. The maximum Gasteiger partial charge on any atom is 0.271 e. The van der Waals surface area contributed by atoms with Gasteiger partial charge in [0.1, 0.15) is 12.4 Å². The highest BCUT2D eigenvalue weighted by atomic mass is 16.6. The van der Waals surface area contributed by atoms with Crippen LogP contribution in [0.15, 0.2) is 96.1 Å². The van der Waals surface area contributed by atoms with Crippen molar-refractivity contribution in [1.82, 2.24) is 5.43 Å². The van der Waals surface area contributed by atoms with Crippen LogP contribution in [0, 0.1) is 10.1 Å². The maximum absolute atomic E-state index is 12.1. The highest BCUT2D eigenvalue weighted by Crippen LogP contribution is 2.18. The van der Waals surface area contributed by atoms with Crippen LogP contribution in [0.3, 0.4) is 0 Å². The van der Waals surface area contributed by atoms with E-state index in [0.717, 1.165) is 16.9 Å². The molecule has 0 atom stereocenters. The Labute approximate surface area is 184 Å². The average Bonchev–Trinajstić information content (AvgIpc) is 2.83. The van der Waals surface area contributed by atoms with Crippen molar-refractivity contribution in [3.05, 3.63) is 118 Å². The third-order valence-corrected chi connectivity index (χ3v) is 4.80. The summed E-state index contributed by atoms with van der Waals surface area (Å²) in [6.07, 6.45) is 1.49. The molecule has 4 aromatic carbocycles. The van der Waals surface area contributed by atoms with Gasteiger partial charge in [0.25, 0.3) is 11.6 Å². The van der Waals surface area contributed by atoms with Crippen molar-refractivity contribution in [2.75, 3.05) is 0 Å². The van der Waals surface area contributed by atoms with Gasteiger partial charge in [-0.25, -0.2) is 5.43 Å². The first kappa shape index (κ1) is 20.7. The van der Waals surface area contributed by atoms with Gasteiger partial charge >= 0.3 is 0 Å². The predicted octanol–water partition coefficient (Wildman–Crippen LogP) is 5.09. The molecule has 0 heterocycles. The molecule has 0 unspecified atom stereocenters. The summed E-state index contributed by atoms with van der Waals surface area (Å²) in [5, 5.41) is 17.1. The highest BCUT2D eigenvalue weighted by Gasteiger charge is 2.10. The van der Waals surface area contributed by atoms with Gasteiger partial charge in [0.15, 0.2) is 0 Å². The lowest BCUT2D eigenvalue weighted by atomic mass is 10.1. The summed E-state index contributed by atoms with van der Waals surface area (Å²) in [5.74, 6) is 0.191. The van der Waals surface area contributed by atoms with Crippen molar-refractivity contribution in [3.63, 3.8) is 0 Å². The average molecular weight is 425 g/mol. The number of carbonyl (C=O) groups excluding carboxylic acids is 1. The molecule has 1 amide bonds. The number of fused-ring (bicyclic) bond motifs is 1. The summed E-state index contributed by atoms with van der Waals surface area (Å²) in [6, 6.07) is 27.2. The first-order chi connectivity index (χ1) is 15.6. The highest BCUT2D eigenvalue weighted by molar-refractivity contribution is 5.95. The monoisotopic (exact) mass is 425 g/mol. The van der Waals surface area contributed by atoms with E-state index in [-0.39, 0.29) is 11.3 Å². The number of nitrogens with one attached hydrogen (secondary N) is 1. The number of nitrogens with zero attached hydrogens (tertiary/aromatic N) is 2. The molecule has 1 N–H and O–H groups in total. The zero-order chi connectivity index (χ0) is 22.3. The number of nitro benzene ring substituents is 1. The standard InChI is InChI=1S/C25H19N3O4/c29-25(22-6-3-7-23(15-22)28(30)31)27-26-16-18-9-12-24(13-10-18)32-17-19-8-11-20-4-1-2-5-21(20)14-19/h1-16H,17H2,(H,27,29)/b26-16-. The minimum atomic E-state index is -0.552. The topological polar surface area (TPSA) is 93.8 Å². The molecular weight excluding hydrogens is 406 g/mol. The number of hydrogen-bond donors (Lipinski definition) is 1. The summed E-state index contributed by atoms with van der Waals surface area (Å²) in [6.45, 7) is 0.456. The van der Waals surface area contributed by atoms with Crippen LogP contribution in [0.5, 0.6) is 5.75 Å². The van der Waals surface area contributed by atoms with Crippen LogP contribution >= 0.6 is 0 Å². The number of ether oxygens (including phenoxy) is 1. The minimum Gasteiger partial charge on any atom is -0.489 e. The summed E-state index contributed by atoms with van der Waals surface area (Å²) in [4.78, 5) is 22.4. The van der Waals surface area contributed by atoms with E-state index in [1.165, 1.54) is 41.3 Å². The largest absolute Gasteiger partial charge is 0.489 e. The van der Waals surface area contributed by atoms with E-state index in [1.807, 2.05) is 42.5 Å². The molecule has 0 aliphatic rings. The number of carbonyl (C=O) groups is 1. The Morgan fingerprint density at radius 1 is 0.938 bits per heavy atom. The fraction of sp³-hybridized carbons (Fsp3) is 0.0400. The van der Waals surface area contributed by atoms with Gasteiger partial charge in [-0.1, -0.05) is 42.5 Å². The fourth-order valence-corrected chi connectivity index (χ4v) is 3.14. The molecule has 0 radical (unpaired) electrons. The van der Waals surface area contributed by atoms with Gasteiger partial charge in [0, 0.05) is 17.7 Å². The Balaban J connectivity index is 1.32. The molecule has 7 heteroatoms. The molecule has 0 fully saturated rings. The summed E-state index contributed by atoms with van der Waals surface area (Å²) < 4.78 is 5.86.